The number of rotatable bonds is 5. The van der Waals surface area contributed by atoms with Gasteiger partial charge in [-0.25, -0.2) is 0 Å². The Morgan fingerprint density at radius 1 is 0.929 bits per heavy atom. The van der Waals surface area contributed by atoms with E-state index < -0.39 is 0 Å². The summed E-state index contributed by atoms with van der Waals surface area (Å²) in [6.07, 6.45) is 10.4. The minimum Gasteiger partial charge on any atom is -0.421 e. The molecule has 42 heavy (non-hydrogen) atoms. The fourth-order valence-electron chi connectivity index (χ4n) is 11.0. The molecule has 0 aliphatic heterocycles. The highest BCUT2D eigenvalue weighted by Gasteiger charge is 2.60. The molecule has 1 aromatic heterocycles. The van der Waals surface area contributed by atoms with Gasteiger partial charge in [-0.15, -0.1) is 10.2 Å². The van der Waals surface area contributed by atoms with Crippen LogP contribution in [0.15, 0.2) is 28.7 Å². The van der Waals surface area contributed by atoms with Crippen molar-refractivity contribution >= 4 is 0 Å². The van der Waals surface area contributed by atoms with Crippen LogP contribution in [-0.2, 0) is 11.8 Å². The number of aliphatic hydroxyl groups excluding tert-OH is 2. The summed E-state index contributed by atoms with van der Waals surface area (Å²) < 4.78 is 6.25. The summed E-state index contributed by atoms with van der Waals surface area (Å²) >= 11 is 0. The highest BCUT2D eigenvalue weighted by Crippen LogP contribution is 2.66. The maximum absolute atomic E-state index is 12.1. The summed E-state index contributed by atoms with van der Waals surface area (Å²) in [6.45, 7) is 16.4. The topological polar surface area (TPSA) is 79.4 Å². The van der Waals surface area contributed by atoms with Crippen LogP contribution in [-0.4, -0.2) is 32.6 Å². The highest BCUT2D eigenvalue weighted by molar-refractivity contribution is 5.53. The smallest absolute Gasteiger partial charge is 0.247 e. The Hall–Kier alpha value is -1.72. The van der Waals surface area contributed by atoms with Crippen LogP contribution < -0.4 is 0 Å². The molecular formula is C37H56N2O3. The van der Waals surface area contributed by atoms with Crippen LogP contribution in [0.2, 0.25) is 0 Å². The zero-order valence-corrected chi connectivity index (χ0v) is 27.3. The molecule has 0 saturated heterocycles. The van der Waals surface area contributed by atoms with E-state index in [1.165, 1.54) is 37.7 Å². The monoisotopic (exact) mass is 576 g/mol. The van der Waals surface area contributed by atoms with Gasteiger partial charge in [0.2, 0.25) is 11.8 Å². The number of aromatic nitrogens is 2. The van der Waals surface area contributed by atoms with E-state index in [0.29, 0.717) is 47.3 Å². The van der Waals surface area contributed by atoms with Gasteiger partial charge in [0.1, 0.15) is 0 Å². The van der Waals surface area contributed by atoms with Gasteiger partial charge in [0.25, 0.3) is 0 Å². The number of nitrogens with zero attached hydrogens (tertiary/aromatic N) is 2. The average Bonchev–Trinajstić information content (AvgIpc) is 3.49. The Bertz CT molecular complexity index is 1230. The molecule has 1 aromatic carbocycles. The SMILES string of the molecule is CC[C@@H]1C2C[C@H](O)CC[C@]2(C)[C@H]2CC[C@]3(C)C([C@H](C)Cc4nnc(-c5ccc(C(C)(C)C)cc5)o4)CC[C@H]3[C@@H](C2)[C@@H]1O. The Balaban J connectivity index is 1.21. The molecule has 4 saturated carbocycles. The summed E-state index contributed by atoms with van der Waals surface area (Å²) in [6, 6.07) is 8.54. The van der Waals surface area contributed by atoms with Crippen LogP contribution >= 0.6 is 0 Å². The predicted octanol–water partition coefficient (Wildman–Crippen LogP) is 8.23. The van der Waals surface area contributed by atoms with E-state index in [4.69, 9.17) is 4.42 Å². The molecule has 5 nitrogen and oxygen atoms in total. The van der Waals surface area contributed by atoms with Gasteiger partial charge in [-0.1, -0.05) is 67.0 Å². The molecule has 2 N–H and O–H groups in total. The molecule has 4 fully saturated rings. The number of fused-ring (bicyclic) bond motifs is 6. The van der Waals surface area contributed by atoms with E-state index in [-0.39, 0.29) is 28.5 Å². The first kappa shape index (κ1) is 30.3. The molecule has 2 aromatic rings. The molecule has 0 spiro atoms. The molecule has 6 rings (SSSR count). The van der Waals surface area contributed by atoms with Gasteiger partial charge in [-0.3, -0.25) is 0 Å². The van der Waals surface area contributed by atoms with Crippen LogP contribution in [0.3, 0.4) is 0 Å². The molecule has 1 heterocycles. The van der Waals surface area contributed by atoms with Crippen molar-refractivity contribution < 1.29 is 14.6 Å². The molecule has 2 unspecified atom stereocenters. The summed E-state index contributed by atoms with van der Waals surface area (Å²) in [5, 5.41) is 31.7. The van der Waals surface area contributed by atoms with Crippen LogP contribution in [0.5, 0.6) is 0 Å². The quantitative estimate of drug-likeness (QED) is 0.375. The second-order valence-corrected chi connectivity index (χ2v) is 16.5. The first-order chi connectivity index (χ1) is 19.8. The van der Waals surface area contributed by atoms with E-state index >= 15 is 0 Å². The van der Waals surface area contributed by atoms with E-state index in [0.717, 1.165) is 43.6 Å². The van der Waals surface area contributed by atoms with Crippen LogP contribution in [0.25, 0.3) is 11.5 Å². The molecule has 232 valence electrons. The number of hydrogen-bond donors (Lipinski definition) is 2. The van der Waals surface area contributed by atoms with Gasteiger partial charge in [-0.2, -0.15) is 0 Å². The van der Waals surface area contributed by atoms with Crippen LogP contribution in [0.1, 0.15) is 118 Å². The molecule has 4 aliphatic rings. The van der Waals surface area contributed by atoms with Crippen LogP contribution in [0.4, 0.5) is 0 Å². The number of hydrogen-bond acceptors (Lipinski definition) is 5. The Kier molecular flexibility index (Phi) is 7.95. The van der Waals surface area contributed by atoms with Crippen molar-refractivity contribution in [3.05, 3.63) is 35.7 Å². The van der Waals surface area contributed by atoms with Crippen molar-refractivity contribution in [1.82, 2.24) is 10.2 Å². The highest BCUT2D eigenvalue weighted by atomic mass is 16.4. The number of benzene rings is 1. The minimum atomic E-state index is -0.255. The fourth-order valence-corrected chi connectivity index (χ4v) is 11.0. The first-order valence-electron chi connectivity index (χ1n) is 17.1. The van der Waals surface area contributed by atoms with E-state index in [1.54, 1.807) is 0 Å². The maximum atomic E-state index is 12.1. The summed E-state index contributed by atoms with van der Waals surface area (Å²) in [5.41, 5.74) is 2.85. The van der Waals surface area contributed by atoms with E-state index in [9.17, 15) is 10.2 Å². The maximum Gasteiger partial charge on any atom is 0.247 e. The van der Waals surface area contributed by atoms with Crippen molar-refractivity contribution in [2.75, 3.05) is 0 Å². The third-order valence-electron chi connectivity index (χ3n) is 13.4. The molecule has 0 radical (unpaired) electrons. The predicted molar refractivity (Wildman–Crippen MR) is 168 cm³/mol. The van der Waals surface area contributed by atoms with E-state index in [2.05, 4.69) is 82.9 Å². The Labute approximate surface area is 254 Å². The summed E-state index contributed by atoms with van der Waals surface area (Å²) in [7, 11) is 0. The molecular weight excluding hydrogens is 520 g/mol. The Morgan fingerprint density at radius 3 is 2.33 bits per heavy atom. The van der Waals surface area contributed by atoms with Gasteiger partial charge in [0.05, 0.1) is 12.2 Å². The number of aliphatic hydroxyl groups is 2. The zero-order valence-electron chi connectivity index (χ0n) is 27.3. The van der Waals surface area contributed by atoms with Crippen molar-refractivity contribution in [2.24, 2.45) is 52.3 Å². The molecule has 5 heteroatoms. The van der Waals surface area contributed by atoms with Gasteiger partial charge in [0.15, 0.2) is 0 Å². The largest absolute Gasteiger partial charge is 0.421 e. The normalized spacial score (nSPS) is 41.0. The first-order valence-corrected chi connectivity index (χ1v) is 17.1. The van der Waals surface area contributed by atoms with Crippen molar-refractivity contribution in [1.29, 1.82) is 0 Å². The lowest BCUT2D eigenvalue weighted by Gasteiger charge is -2.51. The van der Waals surface area contributed by atoms with Gasteiger partial charge in [0, 0.05) is 12.0 Å². The van der Waals surface area contributed by atoms with Crippen molar-refractivity contribution in [3.8, 4) is 11.5 Å². The zero-order chi connectivity index (χ0) is 30.0. The summed E-state index contributed by atoms with van der Waals surface area (Å²) in [4.78, 5) is 0. The lowest BCUT2D eigenvalue weighted by Crippen LogP contribution is -2.47. The van der Waals surface area contributed by atoms with E-state index in [1.807, 2.05) is 0 Å². The van der Waals surface area contributed by atoms with Crippen molar-refractivity contribution in [2.45, 2.75) is 130 Å². The van der Waals surface area contributed by atoms with Gasteiger partial charge in [-0.05, 0) is 127 Å². The Morgan fingerprint density at radius 2 is 1.64 bits per heavy atom. The fraction of sp³-hybridized carbons (Fsp3) is 0.784. The van der Waals surface area contributed by atoms with Gasteiger partial charge >= 0.3 is 0 Å². The molecule has 2 bridgehead atoms. The third kappa shape index (κ3) is 5.09. The molecule has 0 amide bonds. The molecule has 11 atom stereocenters. The van der Waals surface area contributed by atoms with Gasteiger partial charge < -0.3 is 14.6 Å². The molecule has 4 aliphatic carbocycles. The minimum absolute atomic E-state index is 0.116. The second kappa shape index (κ2) is 11.0. The van der Waals surface area contributed by atoms with Crippen LogP contribution in [0, 0.1) is 52.3 Å². The lowest BCUT2D eigenvalue weighted by atomic mass is 9.55. The summed E-state index contributed by atoms with van der Waals surface area (Å²) in [5.74, 6) is 4.71. The standard InChI is InChI=1S/C37H56N2O3/c1-8-27-31-21-26(40)16-18-36(31,6)25-15-17-37(7)29(13-14-30(37)28(20-25)33(27)41)22(2)19-32-38-39-34(42-32)23-9-11-24(12-10-23)35(3,4)5/h9-12,22,25-31,33,40-41H,8,13-21H2,1-7H3/t22-,25+,26-,27-,28-,29?,30+,31?,33-,36-,37-/m1/s1. The lowest BCUT2D eigenvalue weighted by molar-refractivity contribution is -0.0776. The average molecular weight is 577 g/mol. The third-order valence-corrected chi connectivity index (χ3v) is 13.4. The second-order valence-electron chi connectivity index (χ2n) is 16.5. The van der Waals surface area contributed by atoms with Crippen molar-refractivity contribution in [3.63, 3.8) is 0 Å².